The van der Waals surface area contributed by atoms with Crippen molar-refractivity contribution in [3.05, 3.63) is 33.1 Å². The Labute approximate surface area is 127 Å². The summed E-state index contributed by atoms with van der Waals surface area (Å²) in [5.74, 6) is -0.296. The van der Waals surface area contributed by atoms with Gasteiger partial charge in [-0.25, -0.2) is 4.98 Å². The molecular weight excluding hydrogens is 296 g/mol. The van der Waals surface area contributed by atoms with Crippen molar-refractivity contribution < 1.29 is 9.72 Å². The molecule has 2 atom stereocenters. The summed E-state index contributed by atoms with van der Waals surface area (Å²) < 4.78 is 0. The highest BCUT2D eigenvalue weighted by Gasteiger charge is 2.28. The van der Waals surface area contributed by atoms with E-state index in [0.29, 0.717) is 6.54 Å². The molecule has 1 aromatic rings. The van der Waals surface area contributed by atoms with Crippen LogP contribution in [0.25, 0.3) is 0 Å². The normalized spacial score (nSPS) is 21.8. The molecule has 7 nitrogen and oxygen atoms in total. The van der Waals surface area contributed by atoms with Gasteiger partial charge < -0.3 is 11.1 Å². The minimum atomic E-state index is -0.639. The number of pyridine rings is 1. The van der Waals surface area contributed by atoms with E-state index in [1.165, 1.54) is 6.07 Å². The molecule has 114 valence electrons. The molecule has 1 amide bonds. The van der Waals surface area contributed by atoms with Crippen molar-refractivity contribution in [3.63, 3.8) is 0 Å². The van der Waals surface area contributed by atoms with E-state index in [0.717, 1.165) is 31.9 Å². The first-order chi connectivity index (χ1) is 10.0. The molecule has 0 spiro atoms. The van der Waals surface area contributed by atoms with E-state index in [2.05, 4.69) is 10.3 Å². The second kappa shape index (κ2) is 6.82. The van der Waals surface area contributed by atoms with Crippen molar-refractivity contribution in [3.8, 4) is 0 Å². The van der Waals surface area contributed by atoms with Gasteiger partial charge in [0, 0.05) is 6.04 Å². The smallest absolute Gasteiger partial charge is 0.300 e. The van der Waals surface area contributed by atoms with Crippen molar-refractivity contribution in [2.45, 2.75) is 31.7 Å². The summed E-state index contributed by atoms with van der Waals surface area (Å²) in [6, 6.07) is 1.16. The fourth-order valence-electron chi connectivity index (χ4n) is 2.68. The molecule has 1 aliphatic rings. The van der Waals surface area contributed by atoms with Crippen LogP contribution in [0, 0.1) is 16.0 Å². The third-order valence-electron chi connectivity index (χ3n) is 3.82. The number of rotatable bonds is 4. The SMILES string of the molecule is NCC1CCCCC1NC(=O)c1cc(Cl)ncc1[N+](=O)[O-]. The standard InChI is InChI=1S/C13H17ClN4O3/c14-12-5-9(11(7-16-12)18(20)21)13(19)17-10-4-2-1-3-8(10)6-15/h5,7-8,10H,1-4,6,15H2,(H,17,19). The molecule has 1 fully saturated rings. The zero-order chi connectivity index (χ0) is 15.4. The second-order valence-electron chi connectivity index (χ2n) is 5.14. The van der Waals surface area contributed by atoms with E-state index in [-0.39, 0.29) is 28.4 Å². The molecule has 1 saturated carbocycles. The van der Waals surface area contributed by atoms with Crippen molar-refractivity contribution in [2.75, 3.05) is 6.54 Å². The van der Waals surface area contributed by atoms with Gasteiger partial charge in [-0.05, 0) is 31.4 Å². The summed E-state index contributed by atoms with van der Waals surface area (Å²) >= 11 is 5.73. The van der Waals surface area contributed by atoms with Crippen molar-refractivity contribution in [1.29, 1.82) is 0 Å². The van der Waals surface area contributed by atoms with Gasteiger partial charge in [-0.1, -0.05) is 24.4 Å². The van der Waals surface area contributed by atoms with Crippen LogP contribution >= 0.6 is 11.6 Å². The summed E-state index contributed by atoms with van der Waals surface area (Å²) in [5, 5.41) is 13.9. The summed E-state index contributed by atoms with van der Waals surface area (Å²) in [7, 11) is 0. The lowest BCUT2D eigenvalue weighted by atomic mass is 9.84. The monoisotopic (exact) mass is 312 g/mol. The van der Waals surface area contributed by atoms with E-state index in [1.54, 1.807) is 0 Å². The van der Waals surface area contributed by atoms with Gasteiger partial charge in [-0.2, -0.15) is 0 Å². The Morgan fingerprint density at radius 2 is 2.24 bits per heavy atom. The lowest BCUT2D eigenvalue weighted by Gasteiger charge is -2.31. The molecule has 21 heavy (non-hydrogen) atoms. The predicted octanol–water partition coefficient (Wildman–Crippen LogP) is 1.89. The number of hydrogen-bond acceptors (Lipinski definition) is 5. The molecule has 3 N–H and O–H groups in total. The highest BCUT2D eigenvalue weighted by molar-refractivity contribution is 6.29. The van der Waals surface area contributed by atoms with Crippen LogP contribution in [-0.4, -0.2) is 28.4 Å². The number of nitro groups is 1. The number of nitrogens with two attached hydrogens (primary N) is 1. The highest BCUT2D eigenvalue weighted by Crippen LogP contribution is 2.25. The Hall–Kier alpha value is -1.73. The van der Waals surface area contributed by atoms with Crippen LogP contribution in [0.5, 0.6) is 0 Å². The van der Waals surface area contributed by atoms with E-state index >= 15 is 0 Å². The molecule has 2 unspecified atom stereocenters. The quantitative estimate of drug-likeness (QED) is 0.501. The van der Waals surface area contributed by atoms with E-state index < -0.39 is 10.8 Å². The number of nitrogens with zero attached hydrogens (tertiary/aromatic N) is 2. The first-order valence-electron chi connectivity index (χ1n) is 6.83. The zero-order valence-electron chi connectivity index (χ0n) is 11.4. The summed E-state index contributed by atoms with van der Waals surface area (Å²) in [6.45, 7) is 0.490. The minimum absolute atomic E-state index is 0.0461. The molecule has 0 radical (unpaired) electrons. The Bertz CT molecular complexity index is 552. The van der Waals surface area contributed by atoms with Crippen molar-refractivity contribution in [1.82, 2.24) is 10.3 Å². The van der Waals surface area contributed by atoms with Crippen LogP contribution in [0.1, 0.15) is 36.0 Å². The number of carbonyl (C=O) groups is 1. The third-order valence-corrected chi connectivity index (χ3v) is 4.03. The molecule has 0 saturated heterocycles. The van der Waals surface area contributed by atoms with Gasteiger partial charge in [0.15, 0.2) is 0 Å². The lowest BCUT2D eigenvalue weighted by molar-refractivity contribution is -0.385. The molecule has 0 aromatic carbocycles. The van der Waals surface area contributed by atoms with Crippen LogP contribution in [-0.2, 0) is 0 Å². The predicted molar refractivity (Wildman–Crippen MR) is 78.2 cm³/mol. The third kappa shape index (κ3) is 3.68. The van der Waals surface area contributed by atoms with Crippen LogP contribution in [0.15, 0.2) is 12.3 Å². The second-order valence-corrected chi connectivity index (χ2v) is 5.53. The van der Waals surface area contributed by atoms with Gasteiger partial charge in [-0.3, -0.25) is 14.9 Å². The average Bonchev–Trinajstić information content (AvgIpc) is 2.47. The fraction of sp³-hybridized carbons (Fsp3) is 0.538. The molecule has 2 rings (SSSR count). The average molecular weight is 313 g/mol. The summed E-state index contributed by atoms with van der Waals surface area (Å²) in [4.78, 5) is 26.3. The molecule has 0 aliphatic heterocycles. The van der Waals surface area contributed by atoms with Gasteiger partial charge >= 0.3 is 0 Å². The maximum atomic E-state index is 12.3. The number of amides is 1. The molecule has 0 bridgehead atoms. The minimum Gasteiger partial charge on any atom is -0.349 e. The fourth-order valence-corrected chi connectivity index (χ4v) is 2.83. The maximum absolute atomic E-state index is 12.3. The number of aromatic nitrogens is 1. The first-order valence-corrected chi connectivity index (χ1v) is 7.21. The van der Waals surface area contributed by atoms with Crippen LogP contribution in [0.3, 0.4) is 0 Å². The van der Waals surface area contributed by atoms with Crippen molar-refractivity contribution >= 4 is 23.2 Å². The lowest BCUT2D eigenvalue weighted by Crippen LogP contribution is -2.44. The van der Waals surface area contributed by atoms with Crippen LogP contribution in [0.4, 0.5) is 5.69 Å². The van der Waals surface area contributed by atoms with E-state index in [1.807, 2.05) is 0 Å². The van der Waals surface area contributed by atoms with E-state index in [4.69, 9.17) is 17.3 Å². The van der Waals surface area contributed by atoms with Gasteiger partial charge in [-0.15, -0.1) is 0 Å². The Morgan fingerprint density at radius 3 is 2.90 bits per heavy atom. The Kier molecular flexibility index (Phi) is 5.08. The largest absolute Gasteiger partial charge is 0.349 e. The number of carbonyl (C=O) groups excluding carboxylic acids is 1. The summed E-state index contributed by atoms with van der Waals surface area (Å²) in [6.07, 6.45) is 4.90. The van der Waals surface area contributed by atoms with Gasteiger partial charge in [0.1, 0.15) is 16.9 Å². The number of hydrogen-bond donors (Lipinski definition) is 2. The van der Waals surface area contributed by atoms with Crippen LogP contribution < -0.4 is 11.1 Å². The summed E-state index contributed by atoms with van der Waals surface area (Å²) in [5.41, 5.74) is 5.30. The molecule has 1 aliphatic carbocycles. The number of halogens is 1. The molecule has 1 heterocycles. The van der Waals surface area contributed by atoms with Gasteiger partial charge in [0.2, 0.25) is 0 Å². The van der Waals surface area contributed by atoms with E-state index in [9.17, 15) is 14.9 Å². The van der Waals surface area contributed by atoms with Crippen LogP contribution in [0.2, 0.25) is 5.15 Å². The highest BCUT2D eigenvalue weighted by atomic mass is 35.5. The first kappa shape index (κ1) is 15.7. The Morgan fingerprint density at radius 1 is 1.52 bits per heavy atom. The molecular formula is C13H17ClN4O3. The number of nitrogens with one attached hydrogen (secondary N) is 1. The maximum Gasteiger partial charge on any atom is 0.300 e. The molecule has 1 aromatic heterocycles. The Balaban J connectivity index is 2.19. The van der Waals surface area contributed by atoms with Gasteiger partial charge in [0.25, 0.3) is 11.6 Å². The van der Waals surface area contributed by atoms with Gasteiger partial charge in [0.05, 0.1) is 4.92 Å². The van der Waals surface area contributed by atoms with Crippen molar-refractivity contribution in [2.24, 2.45) is 11.7 Å². The topological polar surface area (TPSA) is 111 Å². The molecule has 8 heteroatoms. The zero-order valence-corrected chi connectivity index (χ0v) is 12.2.